The van der Waals surface area contributed by atoms with Crippen LogP contribution in [0.1, 0.15) is 33.6 Å². The van der Waals surface area contributed by atoms with Crippen LogP contribution in [-0.2, 0) is 4.79 Å². The standard InChI is InChI=1S/C26H29NO2Si/c1-26(2,3)30(21-13-6-4-7-14-21,22-15-8-5-9-16-22)29-24-18-11-10-17-23(24)27-20-12-19-25(27)28/h4-11,13-18H,12,19-20H2,1-3H3. The molecule has 1 amide bonds. The summed E-state index contributed by atoms with van der Waals surface area (Å²) >= 11 is 0. The number of anilines is 1. The van der Waals surface area contributed by atoms with Crippen molar-refractivity contribution in [3.63, 3.8) is 0 Å². The molecule has 0 spiro atoms. The van der Waals surface area contributed by atoms with E-state index in [0.717, 1.165) is 24.4 Å². The van der Waals surface area contributed by atoms with Gasteiger partial charge in [0.25, 0.3) is 0 Å². The van der Waals surface area contributed by atoms with Crippen LogP contribution in [0, 0.1) is 0 Å². The van der Waals surface area contributed by atoms with Gasteiger partial charge in [-0.1, -0.05) is 93.6 Å². The molecule has 1 aliphatic rings. The second kappa shape index (κ2) is 8.11. The van der Waals surface area contributed by atoms with Crippen LogP contribution in [0.25, 0.3) is 0 Å². The third kappa shape index (κ3) is 3.56. The minimum Gasteiger partial charge on any atom is -0.533 e. The van der Waals surface area contributed by atoms with Crippen molar-refractivity contribution in [3.05, 3.63) is 84.9 Å². The zero-order valence-corrected chi connectivity index (χ0v) is 19.0. The summed E-state index contributed by atoms with van der Waals surface area (Å²) in [5, 5.41) is 2.33. The number of para-hydroxylation sites is 2. The fraction of sp³-hybridized carbons (Fsp3) is 0.269. The Balaban J connectivity index is 1.92. The van der Waals surface area contributed by atoms with E-state index >= 15 is 0 Å². The predicted octanol–water partition coefficient (Wildman–Crippen LogP) is 4.75. The van der Waals surface area contributed by atoms with Gasteiger partial charge >= 0.3 is 8.32 Å². The van der Waals surface area contributed by atoms with Crippen LogP contribution in [0.15, 0.2) is 84.9 Å². The molecule has 1 aliphatic heterocycles. The Hall–Kier alpha value is -2.85. The van der Waals surface area contributed by atoms with Crippen molar-refractivity contribution in [3.8, 4) is 5.75 Å². The van der Waals surface area contributed by atoms with Crippen LogP contribution in [0.2, 0.25) is 5.04 Å². The molecule has 0 N–H and O–H groups in total. The maximum atomic E-state index is 12.5. The van der Waals surface area contributed by atoms with Gasteiger partial charge in [-0.3, -0.25) is 4.79 Å². The second-order valence-electron chi connectivity index (χ2n) is 8.88. The first-order chi connectivity index (χ1) is 14.4. The van der Waals surface area contributed by atoms with Crippen molar-refractivity contribution in [1.82, 2.24) is 0 Å². The SMILES string of the molecule is CC(C)(C)[Si](Oc1ccccc1N1CCCC1=O)(c1ccccc1)c1ccccc1. The average molecular weight is 416 g/mol. The highest BCUT2D eigenvalue weighted by Gasteiger charge is 2.52. The lowest BCUT2D eigenvalue weighted by molar-refractivity contribution is -0.117. The lowest BCUT2D eigenvalue weighted by Gasteiger charge is -2.43. The fourth-order valence-corrected chi connectivity index (χ4v) is 8.92. The number of nitrogens with zero attached hydrogens (tertiary/aromatic N) is 1. The molecule has 0 aliphatic carbocycles. The van der Waals surface area contributed by atoms with Gasteiger partial charge in [-0.05, 0) is 34.0 Å². The van der Waals surface area contributed by atoms with E-state index in [9.17, 15) is 4.79 Å². The molecule has 0 unspecified atom stereocenters. The monoisotopic (exact) mass is 415 g/mol. The topological polar surface area (TPSA) is 29.5 Å². The van der Waals surface area contributed by atoms with Gasteiger partial charge in [-0.25, -0.2) is 0 Å². The first-order valence-electron chi connectivity index (χ1n) is 10.6. The van der Waals surface area contributed by atoms with Crippen molar-refractivity contribution in [2.75, 3.05) is 11.4 Å². The molecule has 0 aromatic heterocycles. The Labute approximate surface area is 180 Å². The maximum Gasteiger partial charge on any atom is 0.320 e. The third-order valence-electron chi connectivity index (χ3n) is 5.91. The average Bonchev–Trinajstić information content (AvgIpc) is 3.18. The van der Waals surface area contributed by atoms with Gasteiger partial charge in [-0.2, -0.15) is 0 Å². The summed E-state index contributed by atoms with van der Waals surface area (Å²) in [6, 6.07) is 29.2. The summed E-state index contributed by atoms with van der Waals surface area (Å²) in [6.07, 6.45) is 1.50. The molecule has 1 heterocycles. The normalized spacial score (nSPS) is 14.8. The maximum absolute atomic E-state index is 12.5. The first-order valence-corrected chi connectivity index (χ1v) is 12.5. The van der Waals surface area contributed by atoms with Gasteiger partial charge < -0.3 is 9.33 Å². The predicted molar refractivity (Wildman–Crippen MR) is 126 cm³/mol. The summed E-state index contributed by atoms with van der Waals surface area (Å²) in [5.41, 5.74) is 0.882. The van der Waals surface area contributed by atoms with Crippen LogP contribution in [-0.4, -0.2) is 20.8 Å². The number of carbonyl (C=O) groups is 1. The number of amides is 1. The molecule has 3 aromatic rings. The van der Waals surface area contributed by atoms with Crippen molar-refractivity contribution in [1.29, 1.82) is 0 Å². The van der Waals surface area contributed by atoms with Gasteiger partial charge in [0.2, 0.25) is 5.91 Å². The lowest BCUT2D eigenvalue weighted by Crippen LogP contribution is -2.68. The highest BCUT2D eigenvalue weighted by atomic mass is 28.4. The van der Waals surface area contributed by atoms with Crippen LogP contribution in [0.5, 0.6) is 5.75 Å². The Morgan fingerprint density at radius 3 is 1.83 bits per heavy atom. The Bertz CT molecular complexity index is 972. The van der Waals surface area contributed by atoms with E-state index in [-0.39, 0.29) is 10.9 Å². The molecule has 0 radical (unpaired) electrons. The summed E-state index contributed by atoms with van der Waals surface area (Å²) in [6.45, 7) is 7.55. The van der Waals surface area contributed by atoms with E-state index in [0.29, 0.717) is 6.42 Å². The number of hydrogen-bond acceptors (Lipinski definition) is 2. The number of benzene rings is 3. The third-order valence-corrected chi connectivity index (χ3v) is 10.8. The van der Waals surface area contributed by atoms with Gasteiger partial charge in [0.15, 0.2) is 0 Å². The van der Waals surface area contributed by atoms with Crippen LogP contribution in [0.4, 0.5) is 5.69 Å². The zero-order chi connectivity index (χ0) is 21.2. The van der Waals surface area contributed by atoms with Crippen molar-refractivity contribution < 1.29 is 9.22 Å². The first kappa shape index (κ1) is 20.4. The quantitative estimate of drug-likeness (QED) is 0.563. The number of hydrogen-bond donors (Lipinski definition) is 0. The van der Waals surface area contributed by atoms with Crippen LogP contribution < -0.4 is 19.7 Å². The van der Waals surface area contributed by atoms with Gasteiger partial charge in [0.1, 0.15) is 5.75 Å². The van der Waals surface area contributed by atoms with E-state index in [2.05, 4.69) is 69.3 Å². The van der Waals surface area contributed by atoms with Crippen LogP contribution in [0.3, 0.4) is 0 Å². The zero-order valence-electron chi connectivity index (χ0n) is 18.0. The Morgan fingerprint density at radius 1 is 0.800 bits per heavy atom. The van der Waals surface area contributed by atoms with E-state index in [4.69, 9.17) is 4.43 Å². The molecule has 0 saturated carbocycles. The smallest absolute Gasteiger partial charge is 0.320 e. The summed E-state index contributed by atoms with van der Waals surface area (Å²) in [4.78, 5) is 14.4. The highest BCUT2D eigenvalue weighted by molar-refractivity contribution is 7.00. The Morgan fingerprint density at radius 2 is 1.33 bits per heavy atom. The number of carbonyl (C=O) groups excluding carboxylic acids is 1. The minimum absolute atomic E-state index is 0.127. The molecule has 0 atom stereocenters. The molecule has 3 aromatic carbocycles. The summed E-state index contributed by atoms with van der Waals surface area (Å²) in [5.74, 6) is 0.968. The lowest BCUT2D eigenvalue weighted by atomic mass is 10.2. The van der Waals surface area contributed by atoms with E-state index in [1.807, 2.05) is 41.3 Å². The molecule has 30 heavy (non-hydrogen) atoms. The molecule has 154 valence electrons. The molecular formula is C26H29NO2Si. The molecule has 0 bridgehead atoms. The largest absolute Gasteiger partial charge is 0.533 e. The second-order valence-corrected chi connectivity index (χ2v) is 13.1. The summed E-state index contributed by atoms with van der Waals surface area (Å²) in [7, 11) is -2.73. The molecular weight excluding hydrogens is 386 g/mol. The highest BCUT2D eigenvalue weighted by Crippen LogP contribution is 2.40. The van der Waals surface area contributed by atoms with E-state index < -0.39 is 8.32 Å². The van der Waals surface area contributed by atoms with Crippen LogP contribution >= 0.6 is 0 Å². The molecule has 4 rings (SSSR count). The van der Waals surface area contributed by atoms with Crippen molar-refractivity contribution in [2.45, 2.75) is 38.7 Å². The van der Waals surface area contributed by atoms with E-state index in [1.165, 1.54) is 10.4 Å². The number of rotatable bonds is 5. The molecule has 1 fully saturated rings. The molecule has 3 nitrogen and oxygen atoms in total. The Kier molecular flexibility index (Phi) is 5.52. The molecule has 1 saturated heterocycles. The van der Waals surface area contributed by atoms with Crippen molar-refractivity contribution >= 4 is 30.3 Å². The summed E-state index contributed by atoms with van der Waals surface area (Å²) < 4.78 is 7.18. The van der Waals surface area contributed by atoms with Crippen molar-refractivity contribution in [2.24, 2.45) is 0 Å². The van der Waals surface area contributed by atoms with Gasteiger partial charge in [0.05, 0.1) is 5.69 Å². The van der Waals surface area contributed by atoms with Gasteiger partial charge in [-0.15, -0.1) is 0 Å². The fourth-order valence-electron chi connectivity index (χ4n) is 4.48. The van der Waals surface area contributed by atoms with Gasteiger partial charge in [0, 0.05) is 13.0 Å². The van der Waals surface area contributed by atoms with E-state index in [1.54, 1.807) is 0 Å². The minimum atomic E-state index is -2.73. The molecule has 4 heteroatoms.